The Labute approximate surface area is 159 Å². The summed E-state index contributed by atoms with van der Waals surface area (Å²) in [7, 11) is 0. The van der Waals surface area contributed by atoms with Crippen molar-refractivity contribution in [2.45, 2.75) is 24.9 Å². The second-order valence-corrected chi connectivity index (χ2v) is 7.18. The molecular formula is C24H20N2O. The van der Waals surface area contributed by atoms with E-state index < -0.39 is 5.54 Å². The van der Waals surface area contributed by atoms with Gasteiger partial charge in [-0.1, -0.05) is 78.9 Å². The number of hydrogen-bond acceptors (Lipinski definition) is 2. The second kappa shape index (κ2) is 6.20. The first-order valence-electron chi connectivity index (χ1n) is 9.37. The van der Waals surface area contributed by atoms with E-state index in [4.69, 9.17) is 4.99 Å². The molecule has 3 aromatic rings. The standard InChI is InChI=1S/C24H20N2O/c27-23-24(16-15-21(25-24)19-11-5-2-6-12-19)20-13-7-8-14-22(20)26(23)17-18-9-3-1-4-10-18/h1-14H,15-17H2. The van der Waals surface area contributed by atoms with Crippen LogP contribution in [-0.4, -0.2) is 11.6 Å². The SMILES string of the molecule is O=C1N(Cc2ccccc2)c2ccccc2C12CCC(c1ccccc1)=N2. The van der Waals surface area contributed by atoms with Gasteiger partial charge in [-0.05, 0) is 30.0 Å². The summed E-state index contributed by atoms with van der Waals surface area (Å²) < 4.78 is 0. The van der Waals surface area contributed by atoms with Crippen LogP contribution in [0.5, 0.6) is 0 Å². The molecule has 0 radical (unpaired) electrons. The number of anilines is 1. The summed E-state index contributed by atoms with van der Waals surface area (Å²) in [6.45, 7) is 0.578. The third-order valence-electron chi connectivity index (χ3n) is 5.58. The van der Waals surface area contributed by atoms with E-state index in [0.29, 0.717) is 6.54 Å². The van der Waals surface area contributed by atoms with E-state index in [2.05, 4.69) is 30.3 Å². The molecule has 0 N–H and O–H groups in total. The van der Waals surface area contributed by atoms with Crippen LogP contribution in [0.1, 0.15) is 29.5 Å². The van der Waals surface area contributed by atoms with Gasteiger partial charge in [0.15, 0.2) is 5.54 Å². The highest BCUT2D eigenvalue weighted by atomic mass is 16.2. The Hall–Kier alpha value is -3.20. The maximum atomic E-state index is 13.6. The van der Waals surface area contributed by atoms with Crippen molar-refractivity contribution in [3.63, 3.8) is 0 Å². The van der Waals surface area contributed by atoms with E-state index >= 15 is 0 Å². The number of hydrogen-bond donors (Lipinski definition) is 0. The van der Waals surface area contributed by atoms with Crippen LogP contribution in [0.3, 0.4) is 0 Å². The summed E-state index contributed by atoms with van der Waals surface area (Å²) in [5, 5.41) is 0. The zero-order valence-corrected chi connectivity index (χ0v) is 15.0. The fourth-order valence-corrected chi connectivity index (χ4v) is 4.26. The first kappa shape index (κ1) is 16.0. The summed E-state index contributed by atoms with van der Waals surface area (Å²) in [4.78, 5) is 20.5. The van der Waals surface area contributed by atoms with E-state index in [1.54, 1.807) is 0 Å². The minimum Gasteiger partial charge on any atom is -0.305 e. The van der Waals surface area contributed by atoms with Crippen LogP contribution in [0.25, 0.3) is 0 Å². The maximum absolute atomic E-state index is 13.6. The fourth-order valence-electron chi connectivity index (χ4n) is 4.26. The lowest BCUT2D eigenvalue weighted by Gasteiger charge is -2.21. The van der Waals surface area contributed by atoms with E-state index in [-0.39, 0.29) is 5.91 Å². The van der Waals surface area contributed by atoms with Crippen molar-refractivity contribution < 1.29 is 4.79 Å². The summed E-state index contributed by atoms with van der Waals surface area (Å²) in [6.07, 6.45) is 1.56. The summed E-state index contributed by atoms with van der Waals surface area (Å²) >= 11 is 0. The molecule has 27 heavy (non-hydrogen) atoms. The molecular weight excluding hydrogens is 332 g/mol. The van der Waals surface area contributed by atoms with Crippen LogP contribution in [-0.2, 0) is 16.9 Å². The van der Waals surface area contributed by atoms with Gasteiger partial charge in [-0.3, -0.25) is 9.79 Å². The third-order valence-corrected chi connectivity index (χ3v) is 5.58. The van der Waals surface area contributed by atoms with Gasteiger partial charge in [-0.2, -0.15) is 0 Å². The van der Waals surface area contributed by atoms with Crippen LogP contribution in [0.4, 0.5) is 5.69 Å². The van der Waals surface area contributed by atoms with Crippen molar-refractivity contribution in [2.24, 2.45) is 4.99 Å². The Morgan fingerprint density at radius 3 is 2.30 bits per heavy atom. The lowest BCUT2D eigenvalue weighted by atomic mass is 9.89. The molecule has 1 spiro atoms. The van der Waals surface area contributed by atoms with Gasteiger partial charge in [-0.15, -0.1) is 0 Å². The highest BCUT2D eigenvalue weighted by Gasteiger charge is 2.53. The fraction of sp³-hybridized carbons (Fsp3) is 0.167. The van der Waals surface area contributed by atoms with E-state index in [1.807, 2.05) is 59.5 Å². The van der Waals surface area contributed by atoms with Crippen LogP contribution in [0, 0.1) is 0 Å². The predicted molar refractivity (Wildman–Crippen MR) is 108 cm³/mol. The molecule has 2 aliphatic heterocycles. The topological polar surface area (TPSA) is 32.7 Å². The minimum atomic E-state index is -0.767. The van der Waals surface area contributed by atoms with Crippen molar-refractivity contribution in [1.29, 1.82) is 0 Å². The van der Waals surface area contributed by atoms with Gasteiger partial charge in [-0.25, -0.2) is 0 Å². The largest absolute Gasteiger partial charge is 0.305 e. The molecule has 0 fully saturated rings. The molecule has 0 bridgehead atoms. The number of fused-ring (bicyclic) bond motifs is 2. The predicted octanol–water partition coefficient (Wildman–Crippen LogP) is 4.71. The van der Waals surface area contributed by atoms with Gasteiger partial charge in [0.2, 0.25) is 0 Å². The van der Waals surface area contributed by atoms with Crippen molar-refractivity contribution in [2.75, 3.05) is 4.90 Å². The molecule has 132 valence electrons. The van der Waals surface area contributed by atoms with Crippen molar-refractivity contribution in [3.8, 4) is 0 Å². The Balaban J connectivity index is 1.58. The molecule has 2 heterocycles. The number of aliphatic imine (C=N–C) groups is 1. The minimum absolute atomic E-state index is 0.0958. The molecule has 0 saturated heterocycles. The van der Waals surface area contributed by atoms with Crippen molar-refractivity contribution in [3.05, 3.63) is 102 Å². The van der Waals surface area contributed by atoms with Crippen LogP contribution in [0.15, 0.2) is 89.9 Å². The number of para-hydroxylation sites is 1. The first-order chi connectivity index (χ1) is 13.3. The molecule has 3 aromatic carbocycles. The van der Waals surface area contributed by atoms with Gasteiger partial charge in [0, 0.05) is 11.3 Å². The molecule has 1 unspecified atom stereocenters. The lowest BCUT2D eigenvalue weighted by molar-refractivity contribution is -0.123. The lowest BCUT2D eigenvalue weighted by Crippen LogP contribution is -2.37. The molecule has 3 heteroatoms. The van der Waals surface area contributed by atoms with E-state index in [1.165, 1.54) is 0 Å². The van der Waals surface area contributed by atoms with Crippen molar-refractivity contribution in [1.82, 2.24) is 0 Å². The molecule has 3 nitrogen and oxygen atoms in total. The van der Waals surface area contributed by atoms with Gasteiger partial charge >= 0.3 is 0 Å². The molecule has 0 saturated carbocycles. The number of benzene rings is 3. The Morgan fingerprint density at radius 1 is 0.852 bits per heavy atom. The Kier molecular flexibility index (Phi) is 3.68. The van der Waals surface area contributed by atoms with Gasteiger partial charge in [0.25, 0.3) is 5.91 Å². The molecule has 1 atom stereocenters. The maximum Gasteiger partial charge on any atom is 0.259 e. The number of rotatable bonds is 3. The number of amides is 1. The molecule has 2 aliphatic rings. The first-order valence-corrected chi connectivity index (χ1v) is 9.37. The zero-order valence-electron chi connectivity index (χ0n) is 15.0. The molecule has 0 aromatic heterocycles. The van der Waals surface area contributed by atoms with E-state index in [9.17, 15) is 4.79 Å². The normalized spacial score (nSPS) is 20.8. The summed E-state index contributed by atoms with van der Waals surface area (Å²) in [5.41, 5.74) is 4.53. The summed E-state index contributed by atoms with van der Waals surface area (Å²) in [5.74, 6) is 0.0958. The highest BCUT2D eigenvalue weighted by Crippen LogP contribution is 2.49. The Morgan fingerprint density at radius 2 is 1.52 bits per heavy atom. The van der Waals surface area contributed by atoms with Gasteiger partial charge in [0.05, 0.1) is 12.2 Å². The smallest absolute Gasteiger partial charge is 0.259 e. The number of nitrogens with zero attached hydrogens (tertiary/aromatic N) is 2. The molecule has 0 aliphatic carbocycles. The quantitative estimate of drug-likeness (QED) is 0.672. The monoisotopic (exact) mass is 352 g/mol. The Bertz CT molecular complexity index is 1030. The zero-order chi connectivity index (χ0) is 18.3. The second-order valence-electron chi connectivity index (χ2n) is 7.18. The van der Waals surface area contributed by atoms with Crippen LogP contribution >= 0.6 is 0 Å². The van der Waals surface area contributed by atoms with Gasteiger partial charge in [0.1, 0.15) is 0 Å². The van der Waals surface area contributed by atoms with Gasteiger partial charge < -0.3 is 4.90 Å². The highest BCUT2D eigenvalue weighted by molar-refractivity contribution is 6.13. The van der Waals surface area contributed by atoms with Crippen LogP contribution in [0.2, 0.25) is 0 Å². The van der Waals surface area contributed by atoms with E-state index in [0.717, 1.165) is 40.9 Å². The van der Waals surface area contributed by atoms with Crippen molar-refractivity contribution >= 4 is 17.3 Å². The molecule has 5 rings (SSSR count). The average molecular weight is 352 g/mol. The third kappa shape index (κ3) is 2.50. The van der Waals surface area contributed by atoms with Crippen LogP contribution < -0.4 is 4.90 Å². The number of carbonyl (C=O) groups is 1. The molecule has 1 amide bonds. The summed E-state index contributed by atoms with van der Waals surface area (Å²) in [6, 6.07) is 28.5. The average Bonchev–Trinajstić information content (AvgIpc) is 3.27. The number of carbonyl (C=O) groups excluding carboxylic acids is 1.